The van der Waals surface area contributed by atoms with Gasteiger partial charge < -0.3 is 10.4 Å². The second kappa shape index (κ2) is 5.56. The second-order valence-electron chi connectivity index (χ2n) is 2.70. The minimum atomic E-state index is -0.457. The number of nitrogens with one attached hydrogen (secondary N) is 1. The monoisotopic (exact) mass is 267 g/mol. The molecular weight excluding hydrogens is 260 g/mol. The molecule has 0 spiro atoms. The van der Waals surface area contributed by atoms with E-state index in [1.54, 1.807) is 0 Å². The van der Waals surface area contributed by atoms with Crippen LogP contribution in [-0.4, -0.2) is 24.2 Å². The highest BCUT2D eigenvalue weighted by atomic mass is 35.5. The van der Waals surface area contributed by atoms with E-state index in [1.165, 1.54) is 12.1 Å². The maximum absolute atomic E-state index is 11.5. The van der Waals surface area contributed by atoms with Crippen molar-refractivity contribution < 1.29 is 9.90 Å². The topological polar surface area (TPSA) is 49.3 Å². The molecule has 0 aromatic heterocycles. The molecule has 2 N–H and O–H groups in total. The molecule has 6 heteroatoms. The van der Waals surface area contributed by atoms with Gasteiger partial charge in [-0.1, -0.05) is 34.8 Å². The predicted molar refractivity (Wildman–Crippen MR) is 60.9 cm³/mol. The molecule has 0 heterocycles. The van der Waals surface area contributed by atoms with Crippen LogP contribution in [0.2, 0.25) is 15.1 Å². The zero-order chi connectivity index (χ0) is 11.4. The number of hydrogen-bond acceptors (Lipinski definition) is 2. The molecule has 0 aliphatic carbocycles. The van der Waals surface area contributed by atoms with E-state index in [0.29, 0.717) is 0 Å². The third kappa shape index (κ3) is 2.98. The number of benzene rings is 1. The van der Waals surface area contributed by atoms with Gasteiger partial charge in [0.1, 0.15) is 0 Å². The summed E-state index contributed by atoms with van der Waals surface area (Å²) in [6.07, 6.45) is 0. The fraction of sp³-hybridized carbons (Fsp3) is 0.222. The van der Waals surface area contributed by atoms with Gasteiger partial charge in [0.15, 0.2) is 0 Å². The zero-order valence-corrected chi connectivity index (χ0v) is 9.83. The Labute approximate surface area is 102 Å². The highest BCUT2D eigenvalue weighted by Gasteiger charge is 2.16. The molecule has 0 bridgehead atoms. The van der Waals surface area contributed by atoms with Crippen LogP contribution in [0.25, 0.3) is 0 Å². The number of hydrogen-bond donors (Lipinski definition) is 2. The van der Waals surface area contributed by atoms with Gasteiger partial charge in [-0.3, -0.25) is 4.79 Å². The number of carbonyl (C=O) groups excluding carboxylic acids is 1. The molecule has 0 radical (unpaired) electrons. The van der Waals surface area contributed by atoms with E-state index in [4.69, 9.17) is 39.9 Å². The third-order valence-corrected chi connectivity index (χ3v) is 2.79. The van der Waals surface area contributed by atoms with E-state index in [0.717, 1.165) is 0 Å². The van der Waals surface area contributed by atoms with Crippen molar-refractivity contribution in [3.05, 3.63) is 32.8 Å². The molecule has 1 aromatic carbocycles. The van der Waals surface area contributed by atoms with Gasteiger partial charge in [-0.05, 0) is 12.1 Å². The Bertz CT molecular complexity index is 382. The van der Waals surface area contributed by atoms with Crippen LogP contribution < -0.4 is 5.32 Å². The van der Waals surface area contributed by atoms with E-state index >= 15 is 0 Å². The summed E-state index contributed by atoms with van der Waals surface area (Å²) in [5.41, 5.74) is 0.124. The van der Waals surface area contributed by atoms with E-state index in [1.807, 2.05) is 0 Å². The van der Waals surface area contributed by atoms with E-state index < -0.39 is 5.91 Å². The van der Waals surface area contributed by atoms with Crippen LogP contribution >= 0.6 is 34.8 Å². The molecule has 15 heavy (non-hydrogen) atoms. The van der Waals surface area contributed by atoms with Crippen LogP contribution in [0, 0.1) is 0 Å². The van der Waals surface area contributed by atoms with Crippen molar-refractivity contribution in [1.82, 2.24) is 5.32 Å². The minimum absolute atomic E-state index is 0.111. The standard InChI is InChI=1S/C9H8Cl3NO2/c10-5-1-2-6(11)8(12)7(5)9(15)13-3-4-14/h1-2,14H,3-4H2,(H,13,15). The molecule has 3 nitrogen and oxygen atoms in total. The number of aliphatic hydroxyl groups excluding tert-OH is 1. The largest absolute Gasteiger partial charge is 0.395 e. The average Bonchev–Trinajstić information content (AvgIpc) is 2.21. The summed E-state index contributed by atoms with van der Waals surface area (Å²) in [5, 5.41) is 11.6. The maximum atomic E-state index is 11.5. The first-order valence-electron chi connectivity index (χ1n) is 4.10. The van der Waals surface area contributed by atoms with Crippen molar-refractivity contribution in [2.75, 3.05) is 13.2 Å². The smallest absolute Gasteiger partial charge is 0.254 e. The molecule has 0 fully saturated rings. The van der Waals surface area contributed by atoms with Crippen molar-refractivity contribution in [3.63, 3.8) is 0 Å². The number of aliphatic hydroxyl groups is 1. The normalized spacial score (nSPS) is 10.1. The van der Waals surface area contributed by atoms with Gasteiger partial charge in [0.2, 0.25) is 0 Å². The summed E-state index contributed by atoms with van der Waals surface area (Å²) in [6, 6.07) is 3.00. The number of carbonyl (C=O) groups is 1. The lowest BCUT2D eigenvalue weighted by Gasteiger charge is -2.08. The molecule has 0 aliphatic heterocycles. The van der Waals surface area contributed by atoms with Crippen LogP contribution in [0.5, 0.6) is 0 Å². The van der Waals surface area contributed by atoms with Crippen molar-refractivity contribution in [2.24, 2.45) is 0 Å². The Morgan fingerprint density at radius 1 is 1.27 bits per heavy atom. The predicted octanol–water partition coefficient (Wildman–Crippen LogP) is 2.37. The molecule has 0 aliphatic rings. The quantitative estimate of drug-likeness (QED) is 0.827. The van der Waals surface area contributed by atoms with Gasteiger partial charge in [0.25, 0.3) is 5.91 Å². The highest BCUT2D eigenvalue weighted by molar-refractivity contribution is 6.46. The molecule has 1 amide bonds. The van der Waals surface area contributed by atoms with Crippen molar-refractivity contribution >= 4 is 40.7 Å². The first-order chi connectivity index (χ1) is 7.07. The van der Waals surface area contributed by atoms with Gasteiger partial charge in [-0.2, -0.15) is 0 Å². The van der Waals surface area contributed by atoms with E-state index in [-0.39, 0.29) is 33.8 Å². The summed E-state index contributed by atoms with van der Waals surface area (Å²) >= 11 is 17.4. The minimum Gasteiger partial charge on any atom is -0.395 e. The molecule has 0 saturated carbocycles. The molecule has 0 saturated heterocycles. The lowest BCUT2D eigenvalue weighted by Crippen LogP contribution is -2.26. The van der Waals surface area contributed by atoms with Crippen molar-refractivity contribution in [3.8, 4) is 0 Å². The van der Waals surface area contributed by atoms with Gasteiger partial charge in [0, 0.05) is 6.54 Å². The van der Waals surface area contributed by atoms with Crippen LogP contribution in [-0.2, 0) is 0 Å². The SMILES string of the molecule is O=C(NCCO)c1c(Cl)ccc(Cl)c1Cl. The molecule has 1 aromatic rings. The average molecular weight is 269 g/mol. The van der Waals surface area contributed by atoms with E-state index in [2.05, 4.69) is 5.32 Å². The second-order valence-corrected chi connectivity index (χ2v) is 3.89. The summed E-state index contributed by atoms with van der Waals surface area (Å²) in [6.45, 7) is -0.0143. The molecule has 82 valence electrons. The maximum Gasteiger partial charge on any atom is 0.254 e. The number of halogens is 3. The van der Waals surface area contributed by atoms with Gasteiger partial charge in [-0.25, -0.2) is 0 Å². The van der Waals surface area contributed by atoms with Gasteiger partial charge in [-0.15, -0.1) is 0 Å². The summed E-state index contributed by atoms with van der Waals surface area (Å²) in [7, 11) is 0. The summed E-state index contributed by atoms with van der Waals surface area (Å²) < 4.78 is 0. The Morgan fingerprint density at radius 2 is 1.87 bits per heavy atom. The fourth-order valence-corrected chi connectivity index (χ4v) is 1.69. The summed E-state index contributed by atoms with van der Waals surface area (Å²) in [5.74, 6) is -0.457. The first-order valence-corrected chi connectivity index (χ1v) is 5.24. The van der Waals surface area contributed by atoms with Crippen molar-refractivity contribution in [2.45, 2.75) is 0 Å². The number of amides is 1. The third-order valence-electron chi connectivity index (χ3n) is 1.67. The van der Waals surface area contributed by atoms with E-state index in [9.17, 15) is 4.79 Å². The first kappa shape index (κ1) is 12.6. The molecule has 0 atom stereocenters. The lowest BCUT2D eigenvalue weighted by molar-refractivity contribution is 0.0945. The Hall–Kier alpha value is -0.480. The molecule has 0 unspecified atom stereocenters. The lowest BCUT2D eigenvalue weighted by atomic mass is 10.2. The zero-order valence-electron chi connectivity index (χ0n) is 7.56. The van der Waals surface area contributed by atoms with Crippen LogP contribution in [0.1, 0.15) is 10.4 Å². The summed E-state index contributed by atoms with van der Waals surface area (Å²) in [4.78, 5) is 11.5. The van der Waals surface area contributed by atoms with Gasteiger partial charge >= 0.3 is 0 Å². The number of rotatable bonds is 3. The van der Waals surface area contributed by atoms with Crippen molar-refractivity contribution in [1.29, 1.82) is 0 Å². The fourth-order valence-electron chi connectivity index (χ4n) is 0.993. The Balaban J connectivity index is 3.02. The molecular formula is C9H8Cl3NO2. The van der Waals surface area contributed by atoms with Gasteiger partial charge in [0.05, 0.1) is 27.2 Å². The van der Waals surface area contributed by atoms with Crippen LogP contribution in [0.3, 0.4) is 0 Å². The highest BCUT2D eigenvalue weighted by Crippen LogP contribution is 2.31. The Morgan fingerprint density at radius 3 is 2.47 bits per heavy atom. The van der Waals surface area contributed by atoms with Crippen LogP contribution in [0.15, 0.2) is 12.1 Å². The van der Waals surface area contributed by atoms with Crippen LogP contribution in [0.4, 0.5) is 0 Å². The Kier molecular flexibility index (Phi) is 4.67. The molecule has 1 rings (SSSR count).